The summed E-state index contributed by atoms with van der Waals surface area (Å²) in [6, 6.07) is 26.5. The Balaban J connectivity index is 1.72. The van der Waals surface area contributed by atoms with Crippen molar-refractivity contribution in [3.63, 3.8) is 0 Å². The van der Waals surface area contributed by atoms with Gasteiger partial charge in [0.2, 0.25) is 0 Å². The van der Waals surface area contributed by atoms with E-state index in [1.807, 2.05) is 55.5 Å². The predicted molar refractivity (Wildman–Crippen MR) is 176 cm³/mol. The Bertz CT molecular complexity index is 1670. The Hall–Kier alpha value is -4.82. The summed E-state index contributed by atoms with van der Waals surface area (Å²) < 4.78 is 11.7. The van der Waals surface area contributed by atoms with Gasteiger partial charge in [0, 0.05) is 28.8 Å². The third-order valence-electron chi connectivity index (χ3n) is 6.75. The van der Waals surface area contributed by atoms with Crippen molar-refractivity contribution in [1.82, 2.24) is 10.6 Å². The monoisotopic (exact) mass is 628 g/mol. The van der Waals surface area contributed by atoms with Crippen LogP contribution in [0.15, 0.2) is 91.0 Å². The number of halogens is 1. The van der Waals surface area contributed by atoms with Crippen molar-refractivity contribution in [3.05, 3.63) is 107 Å². The Kier molecular flexibility index (Phi) is 10.9. The summed E-state index contributed by atoms with van der Waals surface area (Å²) in [6.07, 6.45) is 0.366. The van der Waals surface area contributed by atoms with E-state index in [9.17, 15) is 19.5 Å². The average Bonchev–Trinajstić information content (AvgIpc) is 2.99. The van der Waals surface area contributed by atoms with Crippen LogP contribution >= 0.6 is 11.6 Å². The first kappa shape index (κ1) is 33.1. The van der Waals surface area contributed by atoms with Crippen LogP contribution < -0.4 is 15.4 Å². The second-order valence-corrected chi connectivity index (χ2v) is 12.0. The summed E-state index contributed by atoms with van der Waals surface area (Å²) in [5.41, 5.74) is 3.40. The van der Waals surface area contributed by atoms with E-state index in [0.29, 0.717) is 46.1 Å². The van der Waals surface area contributed by atoms with Crippen molar-refractivity contribution < 1.29 is 29.0 Å². The number of carbonyl (C=O) groups excluding carboxylic acids is 2. The smallest absolute Gasteiger partial charge is 0.407 e. The number of hydrogen-bond acceptors (Lipinski definition) is 5. The van der Waals surface area contributed by atoms with E-state index in [2.05, 4.69) is 10.6 Å². The van der Waals surface area contributed by atoms with Crippen molar-refractivity contribution in [1.29, 1.82) is 0 Å². The minimum absolute atomic E-state index is 0.223. The normalized spacial score (nSPS) is 11.8. The third kappa shape index (κ3) is 9.33. The summed E-state index contributed by atoms with van der Waals surface area (Å²) in [4.78, 5) is 37.6. The molecule has 234 valence electrons. The molecular weight excluding hydrogens is 592 g/mol. The molecule has 3 N–H and O–H groups in total. The SMILES string of the molecule is CCCC(NC(=O)c1ccc(-c2ccccc2)cc1-c1ccc(Cl)cc1Oc1cccc(CNC(=O)OC(C)(C)C)c1)C(=O)O. The van der Waals surface area contributed by atoms with Crippen LogP contribution in [0.25, 0.3) is 22.3 Å². The number of carboxylic acids is 1. The van der Waals surface area contributed by atoms with Gasteiger partial charge in [-0.25, -0.2) is 9.59 Å². The fourth-order valence-electron chi connectivity index (χ4n) is 4.69. The lowest BCUT2D eigenvalue weighted by molar-refractivity contribution is -0.139. The molecule has 0 fully saturated rings. The lowest BCUT2D eigenvalue weighted by Crippen LogP contribution is -2.40. The molecule has 0 aliphatic carbocycles. The van der Waals surface area contributed by atoms with E-state index < -0.39 is 29.6 Å². The molecule has 45 heavy (non-hydrogen) atoms. The van der Waals surface area contributed by atoms with Crippen molar-refractivity contribution in [2.24, 2.45) is 0 Å². The molecule has 0 saturated carbocycles. The predicted octanol–water partition coefficient (Wildman–Crippen LogP) is 8.47. The van der Waals surface area contributed by atoms with E-state index in [1.165, 1.54) is 0 Å². The quantitative estimate of drug-likeness (QED) is 0.153. The van der Waals surface area contributed by atoms with Crippen molar-refractivity contribution in [2.45, 2.75) is 58.7 Å². The zero-order valence-electron chi connectivity index (χ0n) is 25.7. The molecule has 0 heterocycles. The Labute approximate surface area is 268 Å². The molecule has 1 atom stereocenters. The summed E-state index contributed by atoms with van der Waals surface area (Å²) in [5, 5.41) is 15.5. The molecule has 2 amide bonds. The fraction of sp³-hybridized carbons (Fsp3) is 0.250. The van der Waals surface area contributed by atoms with E-state index in [1.54, 1.807) is 63.2 Å². The number of hydrogen-bond donors (Lipinski definition) is 3. The van der Waals surface area contributed by atoms with Gasteiger partial charge < -0.3 is 25.2 Å². The lowest BCUT2D eigenvalue weighted by Gasteiger charge is -2.20. The van der Waals surface area contributed by atoms with Crippen molar-refractivity contribution >= 4 is 29.6 Å². The van der Waals surface area contributed by atoms with Crippen molar-refractivity contribution in [3.8, 4) is 33.8 Å². The van der Waals surface area contributed by atoms with Crippen LogP contribution in [0.2, 0.25) is 5.02 Å². The van der Waals surface area contributed by atoms with Gasteiger partial charge in [-0.1, -0.05) is 73.5 Å². The number of benzene rings is 4. The van der Waals surface area contributed by atoms with Gasteiger partial charge in [0.15, 0.2) is 0 Å². The molecule has 4 aromatic rings. The lowest BCUT2D eigenvalue weighted by atomic mass is 9.93. The Morgan fingerprint density at radius 2 is 1.62 bits per heavy atom. The van der Waals surface area contributed by atoms with Gasteiger partial charge in [-0.2, -0.15) is 0 Å². The molecule has 4 aromatic carbocycles. The van der Waals surface area contributed by atoms with Gasteiger partial charge >= 0.3 is 12.1 Å². The highest BCUT2D eigenvalue weighted by Crippen LogP contribution is 2.39. The molecule has 4 rings (SSSR count). The van der Waals surface area contributed by atoms with Crippen LogP contribution in [0.3, 0.4) is 0 Å². The van der Waals surface area contributed by atoms with Gasteiger partial charge in [0.25, 0.3) is 5.91 Å². The molecule has 0 aliphatic heterocycles. The second kappa shape index (κ2) is 14.8. The second-order valence-electron chi connectivity index (χ2n) is 11.5. The maximum absolute atomic E-state index is 13.6. The molecule has 8 nitrogen and oxygen atoms in total. The first-order valence-corrected chi connectivity index (χ1v) is 15.1. The maximum Gasteiger partial charge on any atom is 0.407 e. The highest BCUT2D eigenvalue weighted by molar-refractivity contribution is 6.30. The number of ether oxygens (including phenoxy) is 2. The van der Waals surface area contributed by atoms with Gasteiger partial charge in [0.05, 0.1) is 0 Å². The molecule has 0 bridgehead atoms. The van der Waals surface area contributed by atoms with Crippen LogP contribution in [0.5, 0.6) is 11.5 Å². The maximum atomic E-state index is 13.6. The highest BCUT2D eigenvalue weighted by Gasteiger charge is 2.24. The van der Waals surface area contributed by atoms with Crippen LogP contribution in [0.1, 0.15) is 56.5 Å². The molecule has 9 heteroatoms. The van der Waals surface area contributed by atoms with Crippen LogP contribution in [0.4, 0.5) is 4.79 Å². The van der Waals surface area contributed by atoms with Gasteiger partial charge in [-0.3, -0.25) is 4.79 Å². The zero-order chi connectivity index (χ0) is 32.6. The number of carboxylic acid groups (broad SMARTS) is 1. The molecule has 0 spiro atoms. The van der Waals surface area contributed by atoms with Gasteiger partial charge in [-0.15, -0.1) is 0 Å². The van der Waals surface area contributed by atoms with E-state index >= 15 is 0 Å². The summed E-state index contributed by atoms with van der Waals surface area (Å²) in [6.45, 7) is 7.47. The molecule has 0 saturated heterocycles. The minimum atomic E-state index is -1.09. The third-order valence-corrected chi connectivity index (χ3v) is 6.98. The minimum Gasteiger partial charge on any atom is -0.480 e. The highest BCUT2D eigenvalue weighted by atomic mass is 35.5. The zero-order valence-corrected chi connectivity index (χ0v) is 26.5. The Morgan fingerprint density at radius 3 is 2.31 bits per heavy atom. The topological polar surface area (TPSA) is 114 Å². The first-order chi connectivity index (χ1) is 21.4. The number of carbonyl (C=O) groups is 3. The van der Waals surface area contributed by atoms with E-state index in [-0.39, 0.29) is 6.54 Å². The van der Waals surface area contributed by atoms with Crippen molar-refractivity contribution in [2.75, 3.05) is 0 Å². The standard InChI is InChI=1S/C36H37ClN2O6/c1-5-10-31(34(41)42)39-33(40)29-17-15-25(24-12-7-6-8-13-24)20-30(29)28-18-16-26(37)21-32(28)44-27-14-9-11-23(19-27)22-38-35(43)45-36(2,3)4/h6-9,11-21,31H,5,10,22H2,1-4H3,(H,38,43)(H,39,40)(H,41,42). The number of nitrogens with one attached hydrogen (secondary N) is 2. The molecular formula is C36H37ClN2O6. The number of alkyl carbamates (subject to hydrolysis) is 1. The summed E-state index contributed by atoms with van der Waals surface area (Å²) >= 11 is 6.42. The van der Waals surface area contributed by atoms with E-state index in [0.717, 1.165) is 16.7 Å². The van der Waals surface area contributed by atoms with Crippen LogP contribution in [-0.2, 0) is 16.1 Å². The first-order valence-electron chi connectivity index (χ1n) is 14.7. The molecule has 1 unspecified atom stereocenters. The fourth-order valence-corrected chi connectivity index (χ4v) is 4.86. The molecule has 0 aromatic heterocycles. The van der Waals surface area contributed by atoms with Gasteiger partial charge in [0.1, 0.15) is 23.1 Å². The molecule has 0 aliphatic rings. The van der Waals surface area contributed by atoms with Crippen LogP contribution in [0, 0.1) is 0 Å². The van der Waals surface area contributed by atoms with E-state index in [4.69, 9.17) is 21.1 Å². The number of amides is 2. The van der Waals surface area contributed by atoms with Crippen LogP contribution in [-0.4, -0.2) is 34.7 Å². The largest absolute Gasteiger partial charge is 0.480 e. The Morgan fingerprint density at radius 1 is 0.867 bits per heavy atom. The number of rotatable bonds is 11. The number of aliphatic carboxylic acids is 1. The summed E-state index contributed by atoms with van der Waals surface area (Å²) in [7, 11) is 0. The average molecular weight is 629 g/mol. The summed E-state index contributed by atoms with van der Waals surface area (Å²) in [5.74, 6) is -0.728. The molecule has 0 radical (unpaired) electrons. The van der Waals surface area contributed by atoms with Gasteiger partial charge in [-0.05, 0) is 85.8 Å².